The highest BCUT2D eigenvalue weighted by Gasteiger charge is 2.51. The van der Waals surface area contributed by atoms with E-state index in [-0.39, 0.29) is 12.3 Å². The molecule has 6 nitrogen and oxygen atoms in total. The Hall–Kier alpha value is -2.89. The van der Waals surface area contributed by atoms with Gasteiger partial charge in [0, 0.05) is 5.56 Å². The van der Waals surface area contributed by atoms with Crippen molar-refractivity contribution >= 4 is 17.7 Å². The number of amides is 3. The second-order valence-corrected chi connectivity index (χ2v) is 7.12. The molecule has 0 radical (unpaired) electrons. The van der Waals surface area contributed by atoms with E-state index in [0.29, 0.717) is 17.1 Å². The maximum atomic E-state index is 12.8. The summed E-state index contributed by atoms with van der Waals surface area (Å²) in [5.41, 5.74) is 1.71. The quantitative estimate of drug-likeness (QED) is 0.678. The third kappa shape index (κ3) is 2.53. The number of hydrogen-bond donors (Lipinski definition) is 1. The molecule has 2 aliphatic rings. The van der Waals surface area contributed by atoms with Gasteiger partial charge in [-0.25, -0.2) is 4.79 Å². The first-order valence-corrected chi connectivity index (χ1v) is 8.74. The molecule has 4 rings (SSSR count). The monoisotopic (exact) mass is 352 g/mol. The van der Waals surface area contributed by atoms with Gasteiger partial charge in [0.2, 0.25) is 0 Å². The number of urea groups is 1. The van der Waals surface area contributed by atoms with Crippen LogP contribution in [0.3, 0.4) is 0 Å². The number of carbonyl (C=O) groups excluding carboxylic acids is 3. The van der Waals surface area contributed by atoms with Crippen LogP contribution in [0.4, 0.5) is 4.79 Å². The normalized spacial score (nSPS) is 21.8. The highest BCUT2D eigenvalue weighted by Crippen LogP contribution is 2.30. The lowest BCUT2D eigenvalue weighted by Crippen LogP contribution is -2.41. The van der Waals surface area contributed by atoms with Crippen molar-refractivity contribution in [2.75, 3.05) is 6.54 Å². The first kappa shape index (κ1) is 16.6. The molecule has 134 valence electrons. The van der Waals surface area contributed by atoms with Crippen LogP contribution in [-0.2, 0) is 23.2 Å². The molecule has 1 N–H and O–H groups in total. The molecule has 1 aromatic carbocycles. The van der Waals surface area contributed by atoms with E-state index in [1.165, 1.54) is 11.1 Å². The number of carbonyl (C=O) groups is 3. The third-order valence-corrected chi connectivity index (χ3v) is 5.23. The Morgan fingerprint density at radius 2 is 1.96 bits per heavy atom. The van der Waals surface area contributed by atoms with Gasteiger partial charge in [-0.05, 0) is 62.4 Å². The predicted octanol–water partition coefficient (Wildman–Crippen LogP) is 2.73. The summed E-state index contributed by atoms with van der Waals surface area (Å²) in [6, 6.07) is 8.45. The van der Waals surface area contributed by atoms with Crippen LogP contribution in [0.1, 0.15) is 46.3 Å². The average molecular weight is 352 g/mol. The van der Waals surface area contributed by atoms with Gasteiger partial charge in [-0.3, -0.25) is 14.5 Å². The van der Waals surface area contributed by atoms with E-state index in [1.807, 2.05) is 12.1 Å². The number of furan rings is 1. The van der Waals surface area contributed by atoms with E-state index in [1.54, 1.807) is 32.0 Å². The number of fused-ring (bicyclic) bond motifs is 1. The van der Waals surface area contributed by atoms with Crippen molar-refractivity contribution in [1.82, 2.24) is 10.2 Å². The molecule has 1 saturated heterocycles. The molecule has 6 heteroatoms. The Balaban J connectivity index is 1.55. The Kier molecular flexibility index (Phi) is 3.72. The standard InChI is InChI=1S/C20H20N2O4/c1-12-6-9-17(26-12)20(2)18(24)22(19(25)21-20)11-16(23)15-8-7-13-4-3-5-14(13)10-15/h6-10H,3-5,11H2,1-2H3,(H,21,25). The highest BCUT2D eigenvalue weighted by atomic mass is 16.3. The minimum absolute atomic E-state index is 0.247. The number of nitrogens with zero attached hydrogens (tertiary/aromatic N) is 1. The number of benzene rings is 1. The first-order chi connectivity index (χ1) is 12.4. The zero-order valence-corrected chi connectivity index (χ0v) is 14.8. The van der Waals surface area contributed by atoms with Gasteiger partial charge in [0.15, 0.2) is 11.3 Å². The largest absolute Gasteiger partial charge is 0.463 e. The summed E-state index contributed by atoms with van der Waals surface area (Å²) in [5, 5.41) is 2.65. The number of aryl methyl sites for hydroxylation is 3. The third-order valence-electron chi connectivity index (χ3n) is 5.23. The lowest BCUT2D eigenvalue weighted by molar-refractivity contribution is -0.131. The summed E-state index contributed by atoms with van der Waals surface area (Å²) >= 11 is 0. The van der Waals surface area contributed by atoms with E-state index in [0.717, 1.165) is 24.2 Å². The molecule has 3 amide bonds. The fourth-order valence-corrected chi connectivity index (χ4v) is 3.69. The smallest absolute Gasteiger partial charge is 0.325 e. The molecule has 1 aromatic heterocycles. The van der Waals surface area contributed by atoms with Crippen LogP contribution in [0, 0.1) is 6.92 Å². The van der Waals surface area contributed by atoms with Crippen LogP contribution >= 0.6 is 0 Å². The fourth-order valence-electron chi connectivity index (χ4n) is 3.69. The lowest BCUT2D eigenvalue weighted by Gasteiger charge is -2.19. The maximum absolute atomic E-state index is 12.8. The van der Waals surface area contributed by atoms with E-state index in [4.69, 9.17) is 4.42 Å². The molecular weight excluding hydrogens is 332 g/mol. The van der Waals surface area contributed by atoms with Gasteiger partial charge in [-0.2, -0.15) is 0 Å². The number of hydrogen-bond acceptors (Lipinski definition) is 4. The molecule has 0 spiro atoms. The summed E-state index contributed by atoms with van der Waals surface area (Å²) < 4.78 is 5.53. The molecule has 2 heterocycles. The topological polar surface area (TPSA) is 79.6 Å². The van der Waals surface area contributed by atoms with Crippen molar-refractivity contribution < 1.29 is 18.8 Å². The van der Waals surface area contributed by atoms with Crippen molar-refractivity contribution in [1.29, 1.82) is 0 Å². The molecule has 1 atom stereocenters. The van der Waals surface area contributed by atoms with Gasteiger partial charge < -0.3 is 9.73 Å². The number of imide groups is 1. The predicted molar refractivity (Wildman–Crippen MR) is 93.8 cm³/mol. The maximum Gasteiger partial charge on any atom is 0.325 e. The minimum Gasteiger partial charge on any atom is -0.463 e. The summed E-state index contributed by atoms with van der Waals surface area (Å²) in [5.74, 6) is 0.284. The van der Waals surface area contributed by atoms with Crippen LogP contribution in [0.25, 0.3) is 0 Å². The van der Waals surface area contributed by atoms with Gasteiger partial charge in [0.1, 0.15) is 11.5 Å². The Morgan fingerprint density at radius 1 is 1.19 bits per heavy atom. The molecule has 2 aromatic rings. The second-order valence-electron chi connectivity index (χ2n) is 7.12. The Labute approximate surface area is 151 Å². The molecule has 1 unspecified atom stereocenters. The van der Waals surface area contributed by atoms with Gasteiger partial charge in [0.05, 0.1) is 6.54 Å². The van der Waals surface area contributed by atoms with E-state index < -0.39 is 17.5 Å². The number of ketones is 1. The van der Waals surface area contributed by atoms with Crippen molar-refractivity contribution in [3.8, 4) is 0 Å². The Bertz CT molecular complexity index is 930. The van der Waals surface area contributed by atoms with E-state index in [9.17, 15) is 14.4 Å². The van der Waals surface area contributed by atoms with Gasteiger partial charge in [0.25, 0.3) is 5.91 Å². The SMILES string of the molecule is Cc1ccc(C2(C)NC(=O)N(CC(=O)c3ccc4c(c3)CCC4)C2=O)o1. The van der Waals surface area contributed by atoms with Crippen LogP contribution < -0.4 is 5.32 Å². The van der Waals surface area contributed by atoms with Gasteiger partial charge in [-0.15, -0.1) is 0 Å². The van der Waals surface area contributed by atoms with Gasteiger partial charge in [-0.1, -0.05) is 12.1 Å². The summed E-state index contributed by atoms with van der Waals surface area (Å²) in [7, 11) is 0. The molecular formula is C20H20N2O4. The van der Waals surface area contributed by atoms with Crippen LogP contribution in [0.5, 0.6) is 0 Å². The number of Topliss-reactive ketones (excluding diaryl/α,β-unsaturated/α-hetero) is 1. The fraction of sp³-hybridized carbons (Fsp3) is 0.350. The molecule has 1 aliphatic heterocycles. The zero-order valence-electron chi connectivity index (χ0n) is 14.8. The highest BCUT2D eigenvalue weighted by molar-refractivity contribution is 6.11. The molecule has 1 fully saturated rings. The first-order valence-electron chi connectivity index (χ1n) is 8.74. The average Bonchev–Trinajstić information content (AvgIpc) is 3.30. The van der Waals surface area contributed by atoms with Crippen LogP contribution in [0.15, 0.2) is 34.7 Å². The molecule has 0 bridgehead atoms. The summed E-state index contributed by atoms with van der Waals surface area (Å²) in [6.45, 7) is 3.08. The second kappa shape index (κ2) is 5.83. The lowest BCUT2D eigenvalue weighted by atomic mass is 9.99. The van der Waals surface area contributed by atoms with E-state index in [2.05, 4.69) is 5.32 Å². The van der Waals surface area contributed by atoms with Crippen molar-refractivity contribution in [3.63, 3.8) is 0 Å². The number of nitrogens with one attached hydrogen (secondary N) is 1. The molecule has 26 heavy (non-hydrogen) atoms. The van der Waals surface area contributed by atoms with Crippen molar-refractivity contribution in [2.24, 2.45) is 0 Å². The summed E-state index contributed by atoms with van der Waals surface area (Å²) in [6.07, 6.45) is 3.11. The van der Waals surface area contributed by atoms with Crippen molar-refractivity contribution in [3.05, 3.63) is 58.5 Å². The molecule has 1 aliphatic carbocycles. The van der Waals surface area contributed by atoms with Crippen LogP contribution in [0.2, 0.25) is 0 Å². The van der Waals surface area contributed by atoms with E-state index >= 15 is 0 Å². The van der Waals surface area contributed by atoms with Gasteiger partial charge >= 0.3 is 6.03 Å². The minimum atomic E-state index is -1.29. The Morgan fingerprint density at radius 3 is 2.69 bits per heavy atom. The van der Waals surface area contributed by atoms with Crippen LogP contribution in [-0.4, -0.2) is 29.2 Å². The molecule has 0 saturated carbocycles. The zero-order chi connectivity index (χ0) is 18.5. The number of rotatable bonds is 4. The summed E-state index contributed by atoms with van der Waals surface area (Å²) in [4.78, 5) is 38.8. The van der Waals surface area contributed by atoms with Crippen molar-refractivity contribution in [2.45, 2.75) is 38.6 Å².